The fourth-order valence-corrected chi connectivity index (χ4v) is 3.17. The summed E-state index contributed by atoms with van der Waals surface area (Å²) in [7, 11) is -0.739. The van der Waals surface area contributed by atoms with Gasteiger partial charge in [0.05, 0.1) is 10.5 Å². The minimum Gasteiger partial charge on any atom is -0.370 e. The van der Waals surface area contributed by atoms with Gasteiger partial charge in [-0.05, 0) is 30.7 Å². The van der Waals surface area contributed by atoms with Gasteiger partial charge in [0.15, 0.2) is 0 Å². The van der Waals surface area contributed by atoms with E-state index in [1.807, 2.05) is 24.3 Å². The van der Waals surface area contributed by atoms with Gasteiger partial charge in [-0.1, -0.05) is 27.5 Å². The summed E-state index contributed by atoms with van der Waals surface area (Å²) in [5.74, 6) is 1.49. The molecule has 0 spiro atoms. The van der Waals surface area contributed by atoms with E-state index in [4.69, 9.17) is 11.6 Å². The second-order valence-electron chi connectivity index (χ2n) is 4.21. The third kappa shape index (κ3) is 4.16. The van der Waals surface area contributed by atoms with Crippen LogP contribution in [0.3, 0.4) is 0 Å². The van der Waals surface area contributed by atoms with Crippen LogP contribution in [-0.4, -0.2) is 27.7 Å². The van der Waals surface area contributed by atoms with Crippen molar-refractivity contribution in [1.82, 2.24) is 4.98 Å². The number of rotatable bonds is 5. The van der Waals surface area contributed by atoms with Gasteiger partial charge in [0.25, 0.3) is 0 Å². The number of benzene rings is 1. The van der Waals surface area contributed by atoms with E-state index in [1.54, 1.807) is 6.26 Å². The Balaban J connectivity index is 2.11. The number of nitrogens with zero attached hydrogens (tertiary/aromatic N) is 1. The van der Waals surface area contributed by atoms with Crippen LogP contribution in [0.15, 0.2) is 28.7 Å². The van der Waals surface area contributed by atoms with Crippen LogP contribution in [0.25, 0.3) is 10.9 Å². The highest BCUT2D eigenvalue weighted by Gasteiger charge is 2.04. The van der Waals surface area contributed by atoms with E-state index in [2.05, 4.69) is 26.2 Å². The summed E-state index contributed by atoms with van der Waals surface area (Å²) in [6, 6.07) is 7.73. The van der Waals surface area contributed by atoms with Crippen LogP contribution in [0.5, 0.6) is 0 Å². The quantitative estimate of drug-likeness (QED) is 0.823. The maximum absolute atomic E-state index is 11.0. The first-order valence-corrected chi connectivity index (χ1v) is 8.76. The number of hydrogen-bond donors (Lipinski definition) is 1. The zero-order valence-corrected chi connectivity index (χ0v) is 13.6. The molecule has 2 aromatic rings. The van der Waals surface area contributed by atoms with Crippen molar-refractivity contribution in [2.75, 3.05) is 23.9 Å². The van der Waals surface area contributed by atoms with Gasteiger partial charge in [-0.2, -0.15) is 0 Å². The highest BCUT2D eigenvalue weighted by atomic mass is 79.9. The molecule has 1 unspecified atom stereocenters. The van der Waals surface area contributed by atoms with Crippen LogP contribution in [0.4, 0.5) is 5.82 Å². The fourth-order valence-electron chi connectivity index (χ4n) is 1.75. The zero-order valence-electron chi connectivity index (χ0n) is 10.5. The molecule has 0 radical (unpaired) electrons. The Bertz CT molecular complexity index is 621. The Morgan fingerprint density at radius 3 is 2.95 bits per heavy atom. The first-order valence-electron chi connectivity index (χ1n) is 5.86. The summed E-state index contributed by atoms with van der Waals surface area (Å²) in [4.78, 5) is 4.49. The van der Waals surface area contributed by atoms with Crippen LogP contribution in [-0.2, 0) is 10.8 Å². The summed E-state index contributed by atoms with van der Waals surface area (Å²) < 4.78 is 11.9. The van der Waals surface area contributed by atoms with E-state index in [0.717, 1.165) is 34.2 Å². The summed E-state index contributed by atoms with van der Waals surface area (Å²) in [6.07, 6.45) is 2.57. The molecule has 0 fully saturated rings. The van der Waals surface area contributed by atoms with Crippen molar-refractivity contribution in [2.45, 2.75) is 6.42 Å². The predicted molar refractivity (Wildman–Crippen MR) is 86.5 cm³/mol. The molecule has 102 valence electrons. The minimum atomic E-state index is -0.739. The lowest BCUT2D eigenvalue weighted by Gasteiger charge is -2.07. The van der Waals surface area contributed by atoms with Gasteiger partial charge < -0.3 is 5.32 Å². The molecule has 0 saturated heterocycles. The van der Waals surface area contributed by atoms with Crippen LogP contribution in [0.1, 0.15) is 6.42 Å². The first-order chi connectivity index (χ1) is 9.06. The summed E-state index contributed by atoms with van der Waals surface area (Å²) in [5.41, 5.74) is 0.786. The maximum atomic E-state index is 11.0. The average molecular weight is 362 g/mol. The second-order valence-corrected chi connectivity index (χ2v) is 7.09. The van der Waals surface area contributed by atoms with Crippen molar-refractivity contribution in [1.29, 1.82) is 0 Å². The molecule has 0 saturated carbocycles. The van der Waals surface area contributed by atoms with Crippen molar-refractivity contribution >= 4 is 55.1 Å². The van der Waals surface area contributed by atoms with E-state index in [0.29, 0.717) is 10.8 Å². The lowest BCUT2D eigenvalue weighted by molar-refractivity contribution is 0.685. The van der Waals surface area contributed by atoms with Crippen molar-refractivity contribution < 1.29 is 4.21 Å². The Kier molecular flexibility index (Phi) is 5.19. The number of hydrogen-bond acceptors (Lipinski definition) is 3. The normalized spacial score (nSPS) is 12.6. The molecule has 1 aromatic carbocycles. The van der Waals surface area contributed by atoms with Crippen LogP contribution >= 0.6 is 27.5 Å². The number of pyridine rings is 1. The summed E-state index contributed by atoms with van der Waals surface area (Å²) in [6.45, 7) is 0.756. The number of halogens is 2. The molecule has 0 aliphatic carbocycles. The molecular formula is C13H14BrClN2OS. The van der Waals surface area contributed by atoms with Crippen molar-refractivity contribution in [3.63, 3.8) is 0 Å². The van der Waals surface area contributed by atoms with Gasteiger partial charge in [0.2, 0.25) is 0 Å². The first kappa shape index (κ1) is 14.8. The topological polar surface area (TPSA) is 42.0 Å². The van der Waals surface area contributed by atoms with Crippen LogP contribution in [0, 0.1) is 0 Å². The van der Waals surface area contributed by atoms with Crippen LogP contribution < -0.4 is 5.32 Å². The zero-order chi connectivity index (χ0) is 13.8. The largest absolute Gasteiger partial charge is 0.370 e. The third-order valence-corrected chi connectivity index (χ3v) is 4.23. The highest BCUT2D eigenvalue weighted by molar-refractivity contribution is 9.10. The number of anilines is 1. The molecule has 19 heavy (non-hydrogen) atoms. The second kappa shape index (κ2) is 6.68. The molecule has 3 nitrogen and oxygen atoms in total. The number of aromatic nitrogens is 1. The maximum Gasteiger partial charge on any atom is 0.126 e. The molecule has 1 N–H and O–H groups in total. The molecule has 0 bridgehead atoms. The van der Waals surface area contributed by atoms with Crippen molar-refractivity contribution in [2.24, 2.45) is 0 Å². The summed E-state index contributed by atoms with van der Waals surface area (Å²) >= 11 is 9.59. The molecule has 1 atom stereocenters. The third-order valence-electron chi connectivity index (χ3n) is 2.63. The van der Waals surface area contributed by atoms with E-state index < -0.39 is 10.8 Å². The van der Waals surface area contributed by atoms with Gasteiger partial charge in [0, 0.05) is 39.2 Å². The van der Waals surface area contributed by atoms with E-state index >= 15 is 0 Å². The Morgan fingerprint density at radius 1 is 1.42 bits per heavy atom. The van der Waals surface area contributed by atoms with Gasteiger partial charge in [0.1, 0.15) is 5.82 Å². The standard InChI is InChI=1S/C13H14BrClN2OS/c1-19(18)6-2-5-16-12-4-3-9-7-10(14)8-11(15)13(9)17-12/h3-4,7-8H,2,5-6H2,1H3,(H,16,17). The monoisotopic (exact) mass is 360 g/mol. The molecular weight excluding hydrogens is 348 g/mol. The van der Waals surface area contributed by atoms with Gasteiger partial charge >= 0.3 is 0 Å². The van der Waals surface area contributed by atoms with Crippen molar-refractivity contribution in [3.8, 4) is 0 Å². The molecule has 0 amide bonds. The van der Waals surface area contributed by atoms with Gasteiger partial charge in [-0.15, -0.1) is 0 Å². The average Bonchev–Trinajstić information content (AvgIpc) is 2.35. The van der Waals surface area contributed by atoms with E-state index in [-0.39, 0.29) is 0 Å². The molecule has 2 rings (SSSR count). The SMILES string of the molecule is CS(=O)CCCNc1ccc2cc(Br)cc(Cl)c2n1. The lowest BCUT2D eigenvalue weighted by atomic mass is 10.2. The highest BCUT2D eigenvalue weighted by Crippen LogP contribution is 2.27. The minimum absolute atomic E-state index is 0.627. The van der Waals surface area contributed by atoms with E-state index in [9.17, 15) is 4.21 Å². The van der Waals surface area contributed by atoms with E-state index in [1.165, 1.54) is 0 Å². The Labute approximate surface area is 128 Å². The number of fused-ring (bicyclic) bond motifs is 1. The number of nitrogens with one attached hydrogen (secondary N) is 1. The summed E-state index contributed by atoms with van der Waals surface area (Å²) in [5, 5.41) is 4.85. The van der Waals surface area contributed by atoms with Crippen molar-refractivity contribution in [3.05, 3.63) is 33.8 Å². The Morgan fingerprint density at radius 2 is 2.21 bits per heavy atom. The fraction of sp³-hybridized carbons (Fsp3) is 0.308. The molecule has 0 aliphatic rings. The molecule has 6 heteroatoms. The van der Waals surface area contributed by atoms with Crippen LogP contribution in [0.2, 0.25) is 5.02 Å². The Hall–Kier alpha value is -0.650. The smallest absolute Gasteiger partial charge is 0.126 e. The molecule has 0 aliphatic heterocycles. The molecule has 1 aromatic heterocycles. The predicted octanol–water partition coefficient (Wildman–Crippen LogP) is 3.83. The van der Waals surface area contributed by atoms with Gasteiger partial charge in [-0.25, -0.2) is 4.98 Å². The molecule has 1 heterocycles. The lowest BCUT2D eigenvalue weighted by Crippen LogP contribution is -2.07. The van der Waals surface area contributed by atoms with Gasteiger partial charge in [-0.3, -0.25) is 4.21 Å².